The highest BCUT2D eigenvalue weighted by Gasteiger charge is 2.29. The summed E-state index contributed by atoms with van der Waals surface area (Å²) >= 11 is 0. The molecule has 0 unspecified atom stereocenters. The summed E-state index contributed by atoms with van der Waals surface area (Å²) < 4.78 is 3.73. The SMILES string of the molecule is Cc1cc2c(NCC3CN(c4ccc5nnc(C(C)(C)C)n5n4)C3)nccn2n1. The third-order valence-electron chi connectivity index (χ3n) is 5.27. The van der Waals surface area contributed by atoms with Crippen molar-refractivity contribution in [3.05, 3.63) is 42.1 Å². The zero-order chi connectivity index (χ0) is 20.2. The molecule has 1 aliphatic rings. The van der Waals surface area contributed by atoms with Gasteiger partial charge in [-0.05, 0) is 25.1 Å². The molecule has 1 saturated heterocycles. The van der Waals surface area contributed by atoms with Gasteiger partial charge in [0, 0.05) is 43.4 Å². The molecule has 5 heterocycles. The zero-order valence-electron chi connectivity index (χ0n) is 17.2. The molecule has 0 radical (unpaired) electrons. The van der Waals surface area contributed by atoms with Gasteiger partial charge in [0.1, 0.15) is 11.3 Å². The predicted molar refractivity (Wildman–Crippen MR) is 111 cm³/mol. The molecule has 9 nitrogen and oxygen atoms in total. The van der Waals surface area contributed by atoms with Crippen molar-refractivity contribution in [2.24, 2.45) is 5.92 Å². The minimum absolute atomic E-state index is 0.105. The maximum Gasteiger partial charge on any atom is 0.178 e. The van der Waals surface area contributed by atoms with Crippen LogP contribution >= 0.6 is 0 Å². The first kappa shape index (κ1) is 17.8. The van der Waals surface area contributed by atoms with E-state index in [0.717, 1.165) is 54.0 Å². The number of rotatable bonds is 4. The number of fused-ring (bicyclic) bond motifs is 2. The summed E-state index contributed by atoms with van der Waals surface area (Å²) in [5, 5.41) is 21.3. The van der Waals surface area contributed by atoms with Crippen molar-refractivity contribution >= 4 is 22.8 Å². The van der Waals surface area contributed by atoms with Crippen molar-refractivity contribution in [3.63, 3.8) is 0 Å². The Morgan fingerprint density at radius 3 is 2.76 bits per heavy atom. The second-order valence-corrected chi connectivity index (χ2v) is 8.78. The summed E-state index contributed by atoms with van der Waals surface area (Å²) in [5.74, 6) is 3.26. The van der Waals surface area contributed by atoms with Crippen LogP contribution in [0.5, 0.6) is 0 Å². The Labute approximate surface area is 168 Å². The lowest BCUT2D eigenvalue weighted by Gasteiger charge is -2.40. The summed E-state index contributed by atoms with van der Waals surface area (Å²) in [6, 6.07) is 6.06. The number of aromatic nitrogens is 7. The van der Waals surface area contributed by atoms with Crippen LogP contribution in [-0.2, 0) is 5.41 Å². The third kappa shape index (κ3) is 3.16. The Kier molecular flexibility index (Phi) is 3.94. The highest BCUT2D eigenvalue weighted by molar-refractivity contribution is 5.67. The van der Waals surface area contributed by atoms with Crippen molar-refractivity contribution in [3.8, 4) is 0 Å². The maximum atomic E-state index is 4.79. The molecule has 4 aromatic rings. The second-order valence-electron chi connectivity index (χ2n) is 8.78. The van der Waals surface area contributed by atoms with Gasteiger partial charge in [0.15, 0.2) is 17.3 Å². The molecule has 9 heteroatoms. The molecule has 0 bridgehead atoms. The van der Waals surface area contributed by atoms with E-state index in [1.807, 2.05) is 40.4 Å². The van der Waals surface area contributed by atoms with E-state index >= 15 is 0 Å². The molecular formula is C20H25N9. The smallest absolute Gasteiger partial charge is 0.178 e. The van der Waals surface area contributed by atoms with Gasteiger partial charge in [-0.2, -0.15) is 9.61 Å². The van der Waals surface area contributed by atoms with Gasteiger partial charge in [-0.15, -0.1) is 15.3 Å². The molecule has 0 saturated carbocycles. The van der Waals surface area contributed by atoms with E-state index < -0.39 is 0 Å². The summed E-state index contributed by atoms with van der Waals surface area (Å²) in [6.07, 6.45) is 3.65. The van der Waals surface area contributed by atoms with Crippen LogP contribution in [0.2, 0.25) is 0 Å². The van der Waals surface area contributed by atoms with Crippen LogP contribution in [0, 0.1) is 12.8 Å². The fourth-order valence-corrected chi connectivity index (χ4v) is 3.72. The van der Waals surface area contributed by atoms with Crippen LogP contribution in [0.3, 0.4) is 0 Å². The van der Waals surface area contributed by atoms with Gasteiger partial charge < -0.3 is 10.2 Å². The number of hydrogen-bond acceptors (Lipinski definition) is 7. The first-order chi connectivity index (χ1) is 13.9. The van der Waals surface area contributed by atoms with Gasteiger partial charge in [0.25, 0.3) is 0 Å². The molecule has 1 aliphatic heterocycles. The highest BCUT2D eigenvalue weighted by Crippen LogP contribution is 2.26. The first-order valence-corrected chi connectivity index (χ1v) is 9.91. The van der Waals surface area contributed by atoms with Crippen LogP contribution in [0.4, 0.5) is 11.6 Å². The van der Waals surface area contributed by atoms with E-state index in [1.165, 1.54) is 0 Å². The Morgan fingerprint density at radius 1 is 1.14 bits per heavy atom. The number of nitrogens with one attached hydrogen (secondary N) is 1. The number of anilines is 2. The summed E-state index contributed by atoms with van der Waals surface area (Å²) in [7, 11) is 0. The van der Waals surface area contributed by atoms with Crippen molar-refractivity contribution < 1.29 is 0 Å². The van der Waals surface area contributed by atoms with E-state index in [2.05, 4.69) is 51.3 Å². The largest absolute Gasteiger partial charge is 0.368 e. The van der Waals surface area contributed by atoms with Crippen LogP contribution < -0.4 is 10.2 Å². The fraction of sp³-hybridized carbons (Fsp3) is 0.450. The lowest BCUT2D eigenvalue weighted by Crippen LogP contribution is -2.50. The van der Waals surface area contributed by atoms with E-state index in [9.17, 15) is 0 Å². The molecule has 0 aliphatic carbocycles. The quantitative estimate of drug-likeness (QED) is 0.571. The molecule has 0 amide bonds. The average molecular weight is 391 g/mol. The average Bonchev–Trinajstić information content (AvgIpc) is 3.22. The van der Waals surface area contributed by atoms with Crippen LogP contribution in [0.25, 0.3) is 11.2 Å². The van der Waals surface area contributed by atoms with Gasteiger partial charge in [-0.3, -0.25) is 0 Å². The summed E-state index contributed by atoms with van der Waals surface area (Å²) in [6.45, 7) is 11.2. The molecule has 29 heavy (non-hydrogen) atoms. The normalized spacial score (nSPS) is 15.2. The molecule has 0 atom stereocenters. The van der Waals surface area contributed by atoms with Gasteiger partial charge in [-0.25, -0.2) is 9.50 Å². The van der Waals surface area contributed by atoms with Crippen molar-refractivity contribution in [1.29, 1.82) is 0 Å². The molecule has 4 aromatic heterocycles. The van der Waals surface area contributed by atoms with Gasteiger partial charge in [-0.1, -0.05) is 20.8 Å². The fourth-order valence-electron chi connectivity index (χ4n) is 3.72. The van der Waals surface area contributed by atoms with E-state index in [-0.39, 0.29) is 5.41 Å². The monoisotopic (exact) mass is 391 g/mol. The van der Waals surface area contributed by atoms with Gasteiger partial charge in [0.2, 0.25) is 0 Å². The van der Waals surface area contributed by atoms with E-state index in [4.69, 9.17) is 5.10 Å². The van der Waals surface area contributed by atoms with Gasteiger partial charge in [0.05, 0.1) is 5.69 Å². The maximum absolute atomic E-state index is 4.79. The van der Waals surface area contributed by atoms with E-state index in [0.29, 0.717) is 5.92 Å². The molecule has 1 fully saturated rings. The highest BCUT2D eigenvalue weighted by atomic mass is 15.4. The number of nitrogens with zero attached hydrogens (tertiary/aromatic N) is 8. The van der Waals surface area contributed by atoms with Crippen LogP contribution in [-0.4, -0.2) is 54.0 Å². The van der Waals surface area contributed by atoms with Crippen molar-refractivity contribution in [2.45, 2.75) is 33.1 Å². The topological polar surface area (TPSA) is 88.5 Å². The minimum atomic E-state index is -0.105. The number of hydrogen-bond donors (Lipinski definition) is 1. The molecule has 0 spiro atoms. The predicted octanol–water partition coefficient (Wildman–Crippen LogP) is 2.32. The van der Waals surface area contributed by atoms with Crippen LogP contribution in [0.15, 0.2) is 30.6 Å². The molecule has 5 rings (SSSR count). The Bertz CT molecular complexity index is 1180. The molecule has 150 valence electrons. The molecule has 0 aromatic carbocycles. The molecular weight excluding hydrogens is 366 g/mol. The Hall–Kier alpha value is -3.23. The van der Waals surface area contributed by atoms with E-state index in [1.54, 1.807) is 6.20 Å². The minimum Gasteiger partial charge on any atom is -0.368 e. The second kappa shape index (κ2) is 6.40. The molecule has 1 N–H and O–H groups in total. The Morgan fingerprint density at radius 2 is 1.97 bits per heavy atom. The van der Waals surface area contributed by atoms with Gasteiger partial charge >= 0.3 is 0 Å². The standard InChI is InChI=1S/C20H25N9/c1-13-9-15-18(21-7-8-28(15)25-13)22-10-14-11-27(12-14)17-6-5-16-23-24-19(20(2,3)4)29(16)26-17/h5-9,14H,10-12H2,1-4H3,(H,21,22). The van der Waals surface area contributed by atoms with Crippen molar-refractivity contribution in [2.75, 3.05) is 29.9 Å². The van der Waals surface area contributed by atoms with Crippen LogP contribution in [0.1, 0.15) is 32.3 Å². The van der Waals surface area contributed by atoms with Crippen molar-refractivity contribution in [1.82, 2.24) is 34.4 Å². The lowest BCUT2D eigenvalue weighted by atomic mass is 9.96. The number of aryl methyl sites for hydroxylation is 1. The zero-order valence-corrected chi connectivity index (χ0v) is 17.2. The first-order valence-electron chi connectivity index (χ1n) is 9.91. The lowest BCUT2D eigenvalue weighted by molar-refractivity contribution is 0.423. The third-order valence-corrected chi connectivity index (χ3v) is 5.27. The Balaban J connectivity index is 1.26. The summed E-state index contributed by atoms with van der Waals surface area (Å²) in [4.78, 5) is 6.76. The summed E-state index contributed by atoms with van der Waals surface area (Å²) in [5.41, 5.74) is 2.68.